The summed E-state index contributed by atoms with van der Waals surface area (Å²) in [5.74, 6) is -0.924. The number of amidine groups is 1. The number of hydrogen-bond acceptors (Lipinski definition) is 3. The first-order valence-corrected chi connectivity index (χ1v) is 8.92. The molecule has 0 fully saturated rings. The van der Waals surface area contributed by atoms with E-state index >= 15 is 0 Å². The van der Waals surface area contributed by atoms with E-state index in [2.05, 4.69) is 9.73 Å². The number of fused-ring (bicyclic) bond motifs is 3. The number of hydrogen-bond donors (Lipinski definition) is 0. The average Bonchev–Trinajstić information content (AvgIpc) is 2.99. The van der Waals surface area contributed by atoms with E-state index in [0.29, 0.717) is 36.5 Å². The van der Waals surface area contributed by atoms with E-state index < -0.39 is 41.4 Å². The van der Waals surface area contributed by atoms with Crippen molar-refractivity contribution >= 4 is 5.84 Å². The van der Waals surface area contributed by atoms with Crippen molar-refractivity contribution in [2.45, 2.75) is 43.8 Å². The predicted octanol–water partition coefficient (Wildman–Crippen LogP) is 5.53. The normalized spacial score (nSPS) is 23.8. The topological polar surface area (TPSA) is 24.8 Å². The van der Waals surface area contributed by atoms with Crippen LogP contribution in [0.1, 0.15) is 29.5 Å². The van der Waals surface area contributed by atoms with Gasteiger partial charge in [0.15, 0.2) is 11.6 Å². The van der Waals surface area contributed by atoms with Gasteiger partial charge in [0.05, 0.1) is 17.7 Å². The zero-order chi connectivity index (χ0) is 21.9. The monoisotopic (exact) mass is 438 g/mol. The molecule has 1 aliphatic carbocycles. The second kappa shape index (κ2) is 6.71. The van der Waals surface area contributed by atoms with Crippen LogP contribution in [0.3, 0.4) is 0 Å². The molecule has 3 aliphatic rings. The summed E-state index contributed by atoms with van der Waals surface area (Å²) in [7, 11) is 0. The molecule has 0 saturated heterocycles. The molecule has 2 aliphatic heterocycles. The Morgan fingerprint density at radius 3 is 2.43 bits per heavy atom. The summed E-state index contributed by atoms with van der Waals surface area (Å²) in [6.07, 6.45) is -6.98. The van der Waals surface area contributed by atoms with Crippen LogP contribution < -0.4 is 0 Å². The average molecular weight is 438 g/mol. The minimum Gasteiger partial charge on any atom is -0.431 e. The van der Waals surface area contributed by atoms with Gasteiger partial charge >= 0.3 is 19.0 Å². The van der Waals surface area contributed by atoms with Crippen LogP contribution >= 0.6 is 0 Å². The quantitative estimate of drug-likeness (QED) is 0.567. The van der Waals surface area contributed by atoms with E-state index in [-0.39, 0.29) is 12.4 Å². The van der Waals surface area contributed by atoms with E-state index in [0.717, 1.165) is 23.2 Å². The summed E-state index contributed by atoms with van der Waals surface area (Å²) in [5.41, 5.74) is -2.32. The van der Waals surface area contributed by atoms with Crippen molar-refractivity contribution < 1.29 is 39.9 Å². The number of aryl methyl sites for hydroxylation is 1. The molecule has 2 heterocycles. The maximum atomic E-state index is 13.2. The fraction of sp³-hybridized carbons (Fsp3) is 0.421. The van der Waals surface area contributed by atoms with E-state index in [1.165, 1.54) is 6.07 Å². The number of nitrogens with zero attached hydrogens (tertiary/aromatic N) is 2. The maximum Gasteiger partial charge on any atom is 0.417 e. The highest BCUT2D eigenvalue weighted by Crippen LogP contribution is 2.46. The van der Waals surface area contributed by atoms with Gasteiger partial charge in [-0.2, -0.15) is 35.1 Å². The third kappa shape index (κ3) is 3.54. The van der Waals surface area contributed by atoms with Gasteiger partial charge in [0.2, 0.25) is 0 Å². The Morgan fingerprint density at radius 1 is 1.07 bits per heavy atom. The molecule has 3 nitrogen and oxygen atoms in total. The number of aliphatic imine (C=N–C) groups is 1. The highest BCUT2D eigenvalue weighted by molar-refractivity contribution is 6.00. The lowest BCUT2D eigenvalue weighted by Gasteiger charge is -2.34. The number of halogens is 8. The summed E-state index contributed by atoms with van der Waals surface area (Å²) in [6, 6.07) is 3.18. The van der Waals surface area contributed by atoms with Gasteiger partial charge in [-0.1, -0.05) is 6.07 Å². The minimum absolute atomic E-state index is 0.121. The lowest BCUT2D eigenvalue weighted by atomic mass is 9.76. The first kappa shape index (κ1) is 20.7. The van der Waals surface area contributed by atoms with Crippen molar-refractivity contribution in [3.05, 3.63) is 58.5 Å². The van der Waals surface area contributed by atoms with Crippen LogP contribution in [0.4, 0.5) is 35.1 Å². The van der Waals surface area contributed by atoms with Gasteiger partial charge in [0.25, 0.3) is 0 Å². The summed E-state index contributed by atoms with van der Waals surface area (Å²) in [6.45, 7) is -3.48. The van der Waals surface area contributed by atoms with Gasteiger partial charge in [-0.05, 0) is 48.6 Å². The van der Waals surface area contributed by atoms with E-state index in [1.807, 2.05) is 0 Å². The zero-order valence-corrected chi connectivity index (χ0v) is 15.1. The third-order valence-electron chi connectivity index (χ3n) is 5.34. The molecule has 162 valence electrons. The molecule has 0 aromatic heterocycles. The van der Waals surface area contributed by atoms with Crippen molar-refractivity contribution in [3.63, 3.8) is 0 Å². The van der Waals surface area contributed by atoms with Crippen LogP contribution in [0.2, 0.25) is 0 Å². The van der Waals surface area contributed by atoms with Gasteiger partial charge in [-0.25, -0.2) is 0 Å². The number of rotatable bonds is 2. The molecule has 30 heavy (non-hydrogen) atoms. The van der Waals surface area contributed by atoms with Gasteiger partial charge < -0.3 is 9.64 Å². The van der Waals surface area contributed by atoms with Crippen LogP contribution in [0, 0.1) is 0 Å². The molecule has 0 radical (unpaired) electrons. The highest BCUT2D eigenvalue weighted by atomic mass is 19.4. The van der Waals surface area contributed by atoms with E-state index in [9.17, 15) is 35.1 Å². The molecule has 4 rings (SSSR count). The van der Waals surface area contributed by atoms with Crippen LogP contribution in [0.25, 0.3) is 0 Å². The van der Waals surface area contributed by atoms with Crippen molar-refractivity contribution in [1.29, 1.82) is 0 Å². The van der Waals surface area contributed by atoms with E-state index in [4.69, 9.17) is 0 Å². The van der Waals surface area contributed by atoms with Gasteiger partial charge in [-0.15, -0.1) is 0 Å². The molecule has 0 bridgehead atoms. The Balaban J connectivity index is 1.78. The molecule has 0 amide bonds. The molecular formula is C19H14F8N2O. The Hall–Kier alpha value is -2.59. The minimum atomic E-state index is -4.80. The molecule has 1 aromatic rings. The molecule has 0 unspecified atom stereocenters. The second-order valence-electron chi connectivity index (χ2n) is 7.29. The fourth-order valence-corrected chi connectivity index (χ4v) is 4.13. The molecule has 11 heteroatoms. The Morgan fingerprint density at radius 2 is 1.80 bits per heavy atom. The Bertz CT molecular complexity index is 960. The van der Waals surface area contributed by atoms with Crippen molar-refractivity contribution in [2.75, 3.05) is 6.54 Å². The lowest BCUT2D eigenvalue weighted by Crippen LogP contribution is -2.36. The largest absolute Gasteiger partial charge is 0.431 e. The molecule has 1 spiro atoms. The second-order valence-corrected chi connectivity index (χ2v) is 7.29. The maximum absolute atomic E-state index is 13.2. The molecule has 0 saturated carbocycles. The molecule has 1 atom stereocenters. The van der Waals surface area contributed by atoms with Gasteiger partial charge in [-0.3, -0.25) is 4.99 Å². The first-order chi connectivity index (χ1) is 13.9. The van der Waals surface area contributed by atoms with Crippen LogP contribution in [0.5, 0.6) is 0 Å². The SMILES string of the molecule is FC(F)OC1=CC(C(F)(F)F)=CN2C[C@@]3(CCCc4cc(C(F)(F)F)ccc43)N=C12. The number of benzene rings is 1. The third-order valence-corrected chi connectivity index (χ3v) is 5.34. The fourth-order valence-electron chi connectivity index (χ4n) is 4.13. The molecular weight excluding hydrogens is 424 g/mol. The predicted molar refractivity (Wildman–Crippen MR) is 89.5 cm³/mol. The summed E-state index contributed by atoms with van der Waals surface area (Å²) < 4.78 is 109. The Labute approximate surface area is 165 Å². The van der Waals surface area contributed by atoms with Gasteiger partial charge in [0, 0.05) is 6.20 Å². The zero-order valence-electron chi connectivity index (χ0n) is 15.1. The van der Waals surface area contributed by atoms with Gasteiger partial charge in [0.1, 0.15) is 5.54 Å². The van der Waals surface area contributed by atoms with E-state index in [1.54, 1.807) is 0 Å². The highest BCUT2D eigenvalue weighted by Gasteiger charge is 2.48. The van der Waals surface area contributed by atoms with Crippen molar-refractivity contribution in [2.24, 2.45) is 4.99 Å². The Kier molecular flexibility index (Phi) is 4.62. The smallest absolute Gasteiger partial charge is 0.417 e. The first-order valence-electron chi connectivity index (χ1n) is 8.92. The summed E-state index contributed by atoms with van der Waals surface area (Å²) in [4.78, 5) is 5.48. The van der Waals surface area contributed by atoms with Crippen molar-refractivity contribution in [3.8, 4) is 0 Å². The summed E-state index contributed by atoms with van der Waals surface area (Å²) in [5, 5.41) is 0. The number of alkyl halides is 8. The van der Waals surface area contributed by atoms with Crippen LogP contribution in [0.15, 0.2) is 46.8 Å². The summed E-state index contributed by atoms with van der Waals surface area (Å²) >= 11 is 0. The number of ether oxygens (including phenoxy) is 1. The van der Waals surface area contributed by atoms with Crippen LogP contribution in [-0.2, 0) is 22.9 Å². The number of allylic oxidation sites excluding steroid dienone is 2. The molecule has 1 aromatic carbocycles. The molecule has 0 N–H and O–H groups in total. The lowest BCUT2D eigenvalue weighted by molar-refractivity contribution is -0.137. The standard InChI is InChI=1S/C19H14F8N2O/c20-16(21)30-14-7-12(19(25,26)27)8-29-9-17(28-15(14)29)5-1-2-10-6-11(18(22,23)24)3-4-13(10)17/h3-4,6-8,16H,1-2,5,9H2/t17-/m1/s1. The van der Waals surface area contributed by atoms with Crippen molar-refractivity contribution in [1.82, 2.24) is 4.90 Å². The van der Waals surface area contributed by atoms with Crippen LogP contribution in [-0.4, -0.2) is 30.1 Å².